The van der Waals surface area contributed by atoms with Crippen molar-refractivity contribution in [2.75, 3.05) is 11.9 Å². The molecule has 0 radical (unpaired) electrons. The van der Waals surface area contributed by atoms with Crippen LogP contribution in [0, 0.1) is 0 Å². The molecule has 2 N–H and O–H groups in total. The maximum Gasteiger partial charge on any atom is 0.319 e. The summed E-state index contributed by atoms with van der Waals surface area (Å²) in [6.45, 7) is 3.02. The molecule has 34 heavy (non-hydrogen) atoms. The fourth-order valence-electron chi connectivity index (χ4n) is 4.48. The van der Waals surface area contributed by atoms with Crippen molar-refractivity contribution in [2.45, 2.75) is 110 Å². The van der Waals surface area contributed by atoms with Crippen molar-refractivity contribution in [1.29, 1.82) is 0 Å². The maximum atomic E-state index is 12.3. The zero-order valence-electron chi connectivity index (χ0n) is 21.6. The van der Waals surface area contributed by atoms with Gasteiger partial charge in [-0.05, 0) is 30.0 Å². The third kappa shape index (κ3) is 13.4. The van der Waals surface area contributed by atoms with Crippen LogP contribution in [0.5, 0.6) is 0 Å². The molecule has 0 bridgehead atoms. The molecule has 188 valence electrons. The van der Waals surface area contributed by atoms with Gasteiger partial charge in [-0.2, -0.15) is 0 Å². The number of para-hydroxylation sites is 1. The zero-order valence-corrected chi connectivity index (χ0v) is 21.6. The Kier molecular flexibility index (Phi) is 15.7. The number of urea groups is 1. The summed E-state index contributed by atoms with van der Waals surface area (Å²) in [5.74, 6) is 0. The summed E-state index contributed by atoms with van der Waals surface area (Å²) in [5.41, 5.74) is 3.27. The van der Waals surface area contributed by atoms with Crippen LogP contribution in [0.4, 0.5) is 10.5 Å². The first-order valence-electron chi connectivity index (χ1n) is 14.0. The Hall–Kier alpha value is -2.29. The predicted octanol–water partition coefficient (Wildman–Crippen LogP) is 9.27. The van der Waals surface area contributed by atoms with Crippen LogP contribution in [0.25, 0.3) is 0 Å². The van der Waals surface area contributed by atoms with Crippen LogP contribution in [0.1, 0.15) is 114 Å². The highest BCUT2D eigenvalue weighted by Crippen LogP contribution is 2.19. The summed E-state index contributed by atoms with van der Waals surface area (Å²) < 4.78 is 0. The van der Waals surface area contributed by atoms with Gasteiger partial charge in [0.15, 0.2) is 0 Å². The standard InChI is InChI=1S/C31H48N2O/c1-2-3-4-5-6-7-8-9-10-11-12-13-14-15-21-26-32-31(34)33-30-25-20-19-24-29(30)27-28-22-17-16-18-23-28/h16-20,22-25H,2-15,21,26-27H2,1H3,(H2,32,33,34). The lowest BCUT2D eigenvalue weighted by Crippen LogP contribution is -2.29. The molecule has 0 unspecified atom stereocenters. The van der Waals surface area contributed by atoms with Gasteiger partial charge in [0.05, 0.1) is 0 Å². The highest BCUT2D eigenvalue weighted by atomic mass is 16.2. The minimum Gasteiger partial charge on any atom is -0.338 e. The van der Waals surface area contributed by atoms with E-state index in [1.807, 2.05) is 24.3 Å². The summed E-state index contributed by atoms with van der Waals surface area (Å²) in [5, 5.41) is 6.05. The van der Waals surface area contributed by atoms with Crippen LogP contribution in [-0.4, -0.2) is 12.6 Å². The van der Waals surface area contributed by atoms with E-state index in [0.717, 1.165) is 30.6 Å². The van der Waals surface area contributed by atoms with Gasteiger partial charge in [-0.3, -0.25) is 0 Å². The van der Waals surface area contributed by atoms with Crippen LogP contribution < -0.4 is 10.6 Å². The average molecular weight is 465 g/mol. The van der Waals surface area contributed by atoms with E-state index in [0.29, 0.717) is 0 Å². The van der Waals surface area contributed by atoms with Crippen LogP contribution in [0.2, 0.25) is 0 Å². The lowest BCUT2D eigenvalue weighted by molar-refractivity contribution is 0.252. The number of benzene rings is 2. The normalized spacial score (nSPS) is 10.9. The highest BCUT2D eigenvalue weighted by Gasteiger charge is 2.06. The van der Waals surface area contributed by atoms with Gasteiger partial charge in [-0.1, -0.05) is 145 Å². The lowest BCUT2D eigenvalue weighted by atomic mass is 10.0. The van der Waals surface area contributed by atoms with Crippen molar-refractivity contribution in [1.82, 2.24) is 5.32 Å². The number of rotatable bonds is 19. The Labute approximate surface area is 209 Å². The number of nitrogens with one attached hydrogen (secondary N) is 2. The second kappa shape index (κ2) is 19.1. The second-order valence-corrected chi connectivity index (χ2v) is 9.65. The molecule has 0 saturated carbocycles. The van der Waals surface area contributed by atoms with Gasteiger partial charge in [0.2, 0.25) is 0 Å². The number of hydrogen-bond donors (Lipinski definition) is 2. The van der Waals surface area contributed by atoms with Crippen molar-refractivity contribution in [3.63, 3.8) is 0 Å². The average Bonchev–Trinajstić information content (AvgIpc) is 2.85. The number of unbranched alkanes of at least 4 members (excludes halogenated alkanes) is 14. The van der Waals surface area contributed by atoms with Gasteiger partial charge < -0.3 is 10.6 Å². The summed E-state index contributed by atoms with van der Waals surface area (Å²) in [6.07, 6.45) is 21.2. The third-order valence-corrected chi connectivity index (χ3v) is 6.57. The molecule has 3 nitrogen and oxygen atoms in total. The van der Waals surface area contributed by atoms with Gasteiger partial charge in [-0.15, -0.1) is 0 Å². The summed E-state index contributed by atoms with van der Waals surface area (Å²) >= 11 is 0. The molecular weight excluding hydrogens is 416 g/mol. The van der Waals surface area contributed by atoms with Crippen molar-refractivity contribution in [3.05, 3.63) is 65.7 Å². The first-order chi connectivity index (χ1) is 16.8. The van der Waals surface area contributed by atoms with Crippen LogP contribution >= 0.6 is 0 Å². The number of carbonyl (C=O) groups is 1. The quantitative estimate of drug-likeness (QED) is 0.200. The molecule has 0 aliphatic rings. The molecule has 0 heterocycles. The van der Waals surface area contributed by atoms with E-state index in [1.165, 1.54) is 95.5 Å². The minimum atomic E-state index is -0.106. The molecule has 3 heteroatoms. The SMILES string of the molecule is CCCCCCCCCCCCCCCCCNC(=O)Nc1ccccc1Cc1ccccc1. The van der Waals surface area contributed by atoms with E-state index in [4.69, 9.17) is 0 Å². The van der Waals surface area contributed by atoms with E-state index in [1.54, 1.807) is 0 Å². The number of amides is 2. The van der Waals surface area contributed by atoms with E-state index in [-0.39, 0.29) is 6.03 Å². The first kappa shape index (κ1) is 28.0. The van der Waals surface area contributed by atoms with Gasteiger partial charge in [0.25, 0.3) is 0 Å². The Morgan fingerprint density at radius 2 is 1.12 bits per heavy atom. The first-order valence-corrected chi connectivity index (χ1v) is 14.0. The second-order valence-electron chi connectivity index (χ2n) is 9.65. The minimum absolute atomic E-state index is 0.106. The molecule has 2 rings (SSSR count). The molecule has 0 aromatic heterocycles. The van der Waals surface area contributed by atoms with Crippen LogP contribution in [0.3, 0.4) is 0 Å². The van der Waals surface area contributed by atoms with E-state index < -0.39 is 0 Å². The molecule has 2 amide bonds. The van der Waals surface area contributed by atoms with Crippen molar-refractivity contribution in [2.24, 2.45) is 0 Å². The molecule has 2 aromatic rings. The van der Waals surface area contributed by atoms with Gasteiger partial charge in [-0.25, -0.2) is 4.79 Å². The smallest absolute Gasteiger partial charge is 0.319 e. The topological polar surface area (TPSA) is 41.1 Å². The fraction of sp³-hybridized carbons (Fsp3) is 0.581. The van der Waals surface area contributed by atoms with Crippen LogP contribution in [0.15, 0.2) is 54.6 Å². The number of anilines is 1. The van der Waals surface area contributed by atoms with Gasteiger partial charge in [0.1, 0.15) is 0 Å². The van der Waals surface area contributed by atoms with Crippen molar-refractivity contribution < 1.29 is 4.79 Å². The molecule has 0 aliphatic heterocycles. The van der Waals surface area contributed by atoms with E-state index in [9.17, 15) is 4.79 Å². The monoisotopic (exact) mass is 464 g/mol. The van der Waals surface area contributed by atoms with Gasteiger partial charge >= 0.3 is 6.03 Å². The fourth-order valence-corrected chi connectivity index (χ4v) is 4.48. The van der Waals surface area contributed by atoms with Crippen molar-refractivity contribution >= 4 is 11.7 Å². The van der Waals surface area contributed by atoms with E-state index >= 15 is 0 Å². The Morgan fingerprint density at radius 3 is 1.71 bits per heavy atom. The number of hydrogen-bond acceptors (Lipinski definition) is 1. The third-order valence-electron chi connectivity index (χ3n) is 6.57. The zero-order chi connectivity index (χ0) is 24.1. The molecule has 0 atom stereocenters. The Morgan fingerprint density at radius 1 is 0.618 bits per heavy atom. The summed E-state index contributed by atoms with van der Waals surface area (Å²) in [4.78, 5) is 12.3. The molecule has 0 fully saturated rings. The summed E-state index contributed by atoms with van der Waals surface area (Å²) in [6, 6.07) is 18.3. The van der Waals surface area contributed by atoms with E-state index in [2.05, 4.69) is 47.9 Å². The maximum absolute atomic E-state index is 12.3. The lowest BCUT2D eigenvalue weighted by Gasteiger charge is -2.12. The van der Waals surface area contributed by atoms with Gasteiger partial charge in [0, 0.05) is 12.2 Å². The Bertz CT molecular complexity index is 759. The summed E-state index contributed by atoms with van der Waals surface area (Å²) in [7, 11) is 0. The largest absolute Gasteiger partial charge is 0.338 e. The molecule has 0 saturated heterocycles. The number of carbonyl (C=O) groups excluding carboxylic acids is 1. The molecular formula is C31H48N2O. The predicted molar refractivity (Wildman–Crippen MR) is 148 cm³/mol. The van der Waals surface area contributed by atoms with Crippen LogP contribution in [-0.2, 0) is 6.42 Å². The Balaban J connectivity index is 1.44. The molecule has 0 spiro atoms. The van der Waals surface area contributed by atoms with Crippen molar-refractivity contribution in [3.8, 4) is 0 Å². The molecule has 0 aliphatic carbocycles. The highest BCUT2D eigenvalue weighted by molar-refractivity contribution is 5.90. The molecule has 2 aromatic carbocycles.